The molecule has 0 spiro atoms. The Morgan fingerprint density at radius 3 is 2.30 bits per heavy atom. The maximum absolute atomic E-state index is 5.35. The van der Waals surface area contributed by atoms with Gasteiger partial charge in [0.2, 0.25) is 5.75 Å². The molecule has 2 aromatic heterocycles. The van der Waals surface area contributed by atoms with Gasteiger partial charge in [0.1, 0.15) is 5.82 Å². The van der Waals surface area contributed by atoms with E-state index in [9.17, 15) is 0 Å². The van der Waals surface area contributed by atoms with Crippen molar-refractivity contribution < 1.29 is 14.2 Å². The van der Waals surface area contributed by atoms with Crippen molar-refractivity contribution in [2.75, 3.05) is 26.6 Å². The van der Waals surface area contributed by atoms with Crippen LogP contribution in [0.15, 0.2) is 18.2 Å². The number of aromatic nitrogens is 5. The summed E-state index contributed by atoms with van der Waals surface area (Å²) >= 11 is 0. The lowest BCUT2D eigenvalue weighted by Crippen LogP contribution is -2.04. The van der Waals surface area contributed by atoms with E-state index in [4.69, 9.17) is 14.2 Å². The lowest BCUT2D eigenvalue weighted by Gasteiger charge is -2.15. The molecular formula is C14H16N6O3. The summed E-state index contributed by atoms with van der Waals surface area (Å²) in [6, 6.07) is 5.44. The highest BCUT2D eigenvalue weighted by Crippen LogP contribution is 2.40. The number of fused-ring (bicyclic) bond motifs is 1. The molecule has 0 fully saturated rings. The minimum Gasteiger partial charge on any atom is -0.493 e. The fraction of sp³-hybridized carbons (Fsp3) is 0.286. The average molecular weight is 316 g/mol. The van der Waals surface area contributed by atoms with Crippen molar-refractivity contribution in [3.8, 4) is 17.2 Å². The lowest BCUT2D eigenvalue weighted by atomic mass is 10.2. The van der Waals surface area contributed by atoms with Gasteiger partial charge in [0, 0.05) is 29.6 Å². The minimum atomic E-state index is 0.417. The number of rotatable bonds is 5. The molecule has 23 heavy (non-hydrogen) atoms. The topological polar surface area (TPSA) is 95.7 Å². The summed E-state index contributed by atoms with van der Waals surface area (Å²) in [5.41, 5.74) is 1.53. The smallest absolute Gasteiger partial charge is 0.275 e. The van der Waals surface area contributed by atoms with Gasteiger partial charge in [-0.15, -0.1) is 0 Å². The Kier molecular flexibility index (Phi) is 3.83. The van der Waals surface area contributed by atoms with E-state index in [0.29, 0.717) is 28.8 Å². The molecule has 1 aromatic carbocycles. The Morgan fingerprint density at radius 1 is 1.00 bits per heavy atom. The van der Waals surface area contributed by atoms with Crippen LogP contribution in [0, 0.1) is 6.92 Å². The van der Waals surface area contributed by atoms with Crippen LogP contribution in [-0.2, 0) is 0 Å². The summed E-state index contributed by atoms with van der Waals surface area (Å²) in [6.07, 6.45) is 0. The highest BCUT2D eigenvalue weighted by atomic mass is 16.5. The Labute approximate surface area is 132 Å². The Hall–Kier alpha value is -3.10. The summed E-state index contributed by atoms with van der Waals surface area (Å²) < 4.78 is 17.5. The van der Waals surface area contributed by atoms with Gasteiger partial charge in [0.15, 0.2) is 11.5 Å². The molecule has 0 aliphatic heterocycles. The van der Waals surface area contributed by atoms with E-state index in [-0.39, 0.29) is 0 Å². The Balaban J connectivity index is 2.06. The van der Waals surface area contributed by atoms with Gasteiger partial charge in [-0.2, -0.15) is 4.52 Å². The molecule has 9 heteroatoms. The van der Waals surface area contributed by atoms with Crippen molar-refractivity contribution in [2.24, 2.45) is 0 Å². The second-order valence-electron chi connectivity index (χ2n) is 4.71. The third-order valence-corrected chi connectivity index (χ3v) is 3.24. The summed E-state index contributed by atoms with van der Waals surface area (Å²) in [4.78, 5) is 4.25. The molecule has 1 N–H and O–H groups in total. The van der Waals surface area contributed by atoms with Crippen LogP contribution in [-0.4, -0.2) is 46.4 Å². The number of hydrogen-bond acceptors (Lipinski definition) is 8. The maximum atomic E-state index is 5.35. The molecule has 0 unspecified atom stereocenters. The monoisotopic (exact) mass is 316 g/mol. The molecule has 0 saturated heterocycles. The first kappa shape index (κ1) is 14.8. The van der Waals surface area contributed by atoms with E-state index in [0.717, 1.165) is 11.4 Å². The number of nitrogens with one attached hydrogen (secondary N) is 1. The molecule has 0 radical (unpaired) electrons. The number of nitrogens with zero attached hydrogens (tertiary/aromatic N) is 5. The minimum absolute atomic E-state index is 0.417. The number of methoxy groups -OCH3 is 3. The van der Waals surface area contributed by atoms with Crippen molar-refractivity contribution in [1.82, 2.24) is 25.0 Å². The standard InChI is InChI=1S/C14H16N6O3/c1-8-5-12(20-14(15-8)17-18-19-20)16-9-6-10(21-2)13(23-4)11(7-9)22-3/h5-7,16H,1-4H3. The number of ether oxygens (including phenoxy) is 3. The van der Waals surface area contributed by atoms with E-state index >= 15 is 0 Å². The number of benzene rings is 1. The largest absolute Gasteiger partial charge is 0.493 e. The predicted octanol–water partition coefficient (Wildman–Crippen LogP) is 1.60. The Morgan fingerprint density at radius 2 is 1.70 bits per heavy atom. The normalized spacial score (nSPS) is 10.6. The first-order chi connectivity index (χ1) is 11.2. The average Bonchev–Trinajstić information content (AvgIpc) is 3.02. The zero-order chi connectivity index (χ0) is 16.4. The molecule has 0 amide bonds. The van der Waals surface area contributed by atoms with Crippen LogP contribution in [0.4, 0.5) is 11.5 Å². The molecule has 9 nitrogen and oxygen atoms in total. The Bertz CT molecular complexity index is 823. The van der Waals surface area contributed by atoms with Gasteiger partial charge in [-0.25, -0.2) is 4.98 Å². The van der Waals surface area contributed by atoms with Crippen molar-refractivity contribution in [3.63, 3.8) is 0 Å². The molecular weight excluding hydrogens is 300 g/mol. The third-order valence-electron chi connectivity index (χ3n) is 3.24. The second kappa shape index (κ2) is 5.95. The second-order valence-corrected chi connectivity index (χ2v) is 4.71. The zero-order valence-corrected chi connectivity index (χ0v) is 13.2. The summed E-state index contributed by atoms with van der Waals surface area (Å²) in [5, 5.41) is 14.6. The lowest BCUT2D eigenvalue weighted by molar-refractivity contribution is 0.324. The van der Waals surface area contributed by atoms with Crippen LogP contribution in [0.25, 0.3) is 5.78 Å². The quantitative estimate of drug-likeness (QED) is 0.758. The van der Waals surface area contributed by atoms with Crippen LogP contribution < -0.4 is 19.5 Å². The van der Waals surface area contributed by atoms with Crippen LogP contribution in [0.1, 0.15) is 5.69 Å². The summed E-state index contributed by atoms with van der Waals surface area (Å²) in [5.74, 6) is 2.71. The molecule has 2 heterocycles. The van der Waals surface area contributed by atoms with E-state index in [2.05, 4.69) is 25.8 Å². The van der Waals surface area contributed by atoms with Crippen molar-refractivity contribution in [1.29, 1.82) is 0 Å². The van der Waals surface area contributed by atoms with E-state index in [1.165, 1.54) is 4.52 Å². The molecule has 0 aliphatic rings. The molecule has 3 rings (SSSR count). The maximum Gasteiger partial charge on any atom is 0.275 e. The fourth-order valence-electron chi connectivity index (χ4n) is 2.25. The van der Waals surface area contributed by atoms with Gasteiger partial charge in [-0.3, -0.25) is 0 Å². The SMILES string of the molecule is COc1cc(Nc2cc(C)nc3nnnn23)cc(OC)c1OC. The predicted molar refractivity (Wildman–Crippen MR) is 82.7 cm³/mol. The molecule has 0 bridgehead atoms. The zero-order valence-electron chi connectivity index (χ0n) is 13.2. The van der Waals surface area contributed by atoms with Gasteiger partial charge in [0.05, 0.1) is 21.3 Å². The van der Waals surface area contributed by atoms with Crippen LogP contribution in [0.3, 0.4) is 0 Å². The van der Waals surface area contributed by atoms with E-state index < -0.39 is 0 Å². The first-order valence-electron chi connectivity index (χ1n) is 6.79. The van der Waals surface area contributed by atoms with E-state index in [1.807, 2.05) is 13.0 Å². The third kappa shape index (κ3) is 2.68. The number of aryl methyl sites for hydroxylation is 1. The molecule has 120 valence electrons. The van der Waals surface area contributed by atoms with Crippen molar-refractivity contribution in [2.45, 2.75) is 6.92 Å². The molecule has 0 atom stereocenters. The van der Waals surface area contributed by atoms with Gasteiger partial charge < -0.3 is 19.5 Å². The van der Waals surface area contributed by atoms with Gasteiger partial charge in [-0.05, 0) is 17.4 Å². The van der Waals surface area contributed by atoms with Crippen molar-refractivity contribution in [3.05, 3.63) is 23.9 Å². The molecule has 0 saturated carbocycles. The summed E-state index contributed by atoms with van der Waals surface area (Å²) in [7, 11) is 4.69. The van der Waals surface area contributed by atoms with Crippen LogP contribution >= 0.6 is 0 Å². The molecule has 3 aromatic rings. The van der Waals surface area contributed by atoms with Gasteiger partial charge >= 0.3 is 0 Å². The number of hydrogen-bond donors (Lipinski definition) is 1. The van der Waals surface area contributed by atoms with Gasteiger partial charge in [-0.1, -0.05) is 5.10 Å². The fourth-order valence-corrected chi connectivity index (χ4v) is 2.25. The van der Waals surface area contributed by atoms with Gasteiger partial charge in [0.25, 0.3) is 5.78 Å². The van der Waals surface area contributed by atoms with Crippen LogP contribution in [0.5, 0.6) is 17.2 Å². The first-order valence-corrected chi connectivity index (χ1v) is 6.79. The molecule has 0 aliphatic carbocycles. The van der Waals surface area contributed by atoms with Crippen molar-refractivity contribution >= 4 is 17.3 Å². The van der Waals surface area contributed by atoms with E-state index in [1.54, 1.807) is 33.5 Å². The number of tetrazole rings is 1. The van der Waals surface area contributed by atoms with Crippen LogP contribution in [0.2, 0.25) is 0 Å². The summed E-state index contributed by atoms with van der Waals surface area (Å²) in [6.45, 7) is 1.87. The number of anilines is 2. The highest BCUT2D eigenvalue weighted by Gasteiger charge is 2.14. The highest BCUT2D eigenvalue weighted by molar-refractivity contribution is 5.67.